The second-order valence-electron chi connectivity index (χ2n) is 4.99. The van der Waals surface area contributed by atoms with Crippen LogP contribution in [0.1, 0.15) is 11.3 Å². The van der Waals surface area contributed by atoms with Crippen molar-refractivity contribution >= 4 is 21.9 Å². The first kappa shape index (κ1) is 15.6. The van der Waals surface area contributed by atoms with E-state index in [4.69, 9.17) is 5.73 Å². The van der Waals surface area contributed by atoms with Crippen molar-refractivity contribution in [3.8, 4) is 11.3 Å². The lowest BCUT2D eigenvalue weighted by atomic mass is 10.1. The predicted molar refractivity (Wildman–Crippen MR) is 94.6 cm³/mol. The molecule has 0 atom stereocenters. The SMILES string of the molecule is NCc1cc(-c2ccc(Br)cc2)nc(NCc2cccnc2)n1. The second kappa shape index (κ2) is 7.30. The number of nitrogens with zero attached hydrogens (tertiary/aromatic N) is 3. The van der Waals surface area contributed by atoms with Gasteiger partial charge in [0.1, 0.15) is 0 Å². The number of benzene rings is 1. The number of halogens is 1. The molecule has 3 N–H and O–H groups in total. The van der Waals surface area contributed by atoms with Gasteiger partial charge in [-0.25, -0.2) is 9.97 Å². The van der Waals surface area contributed by atoms with Crippen molar-refractivity contribution in [3.63, 3.8) is 0 Å². The van der Waals surface area contributed by atoms with Gasteiger partial charge in [-0.3, -0.25) is 4.98 Å². The van der Waals surface area contributed by atoms with Gasteiger partial charge in [0.15, 0.2) is 0 Å². The summed E-state index contributed by atoms with van der Waals surface area (Å²) >= 11 is 3.44. The third-order valence-electron chi connectivity index (χ3n) is 3.30. The van der Waals surface area contributed by atoms with E-state index in [2.05, 4.69) is 36.2 Å². The van der Waals surface area contributed by atoms with Gasteiger partial charge >= 0.3 is 0 Å². The van der Waals surface area contributed by atoms with E-state index in [0.717, 1.165) is 27.0 Å². The minimum Gasteiger partial charge on any atom is -0.350 e. The van der Waals surface area contributed by atoms with Gasteiger partial charge in [0.2, 0.25) is 5.95 Å². The van der Waals surface area contributed by atoms with E-state index >= 15 is 0 Å². The minimum absolute atomic E-state index is 0.369. The summed E-state index contributed by atoms with van der Waals surface area (Å²) in [7, 11) is 0. The Bertz CT molecular complexity index is 775. The fourth-order valence-electron chi connectivity index (χ4n) is 2.13. The zero-order valence-electron chi connectivity index (χ0n) is 12.4. The Morgan fingerprint density at radius 3 is 2.61 bits per heavy atom. The van der Waals surface area contributed by atoms with Crippen molar-refractivity contribution in [1.29, 1.82) is 0 Å². The topological polar surface area (TPSA) is 76.7 Å². The highest BCUT2D eigenvalue weighted by atomic mass is 79.9. The summed E-state index contributed by atoms with van der Waals surface area (Å²) in [6, 6.07) is 13.8. The van der Waals surface area contributed by atoms with Crippen LogP contribution in [0.25, 0.3) is 11.3 Å². The monoisotopic (exact) mass is 369 g/mol. The first-order valence-corrected chi connectivity index (χ1v) is 8.00. The number of nitrogens with two attached hydrogens (primary N) is 1. The number of anilines is 1. The van der Waals surface area contributed by atoms with Crippen molar-refractivity contribution in [2.45, 2.75) is 13.1 Å². The Morgan fingerprint density at radius 2 is 1.91 bits per heavy atom. The largest absolute Gasteiger partial charge is 0.350 e. The number of hydrogen-bond acceptors (Lipinski definition) is 5. The van der Waals surface area contributed by atoms with Crippen molar-refractivity contribution in [2.75, 3.05) is 5.32 Å². The Labute approximate surface area is 143 Å². The lowest BCUT2D eigenvalue weighted by Gasteiger charge is -2.09. The summed E-state index contributed by atoms with van der Waals surface area (Å²) in [5.41, 5.74) is 9.50. The van der Waals surface area contributed by atoms with Gasteiger partial charge in [-0.2, -0.15) is 0 Å². The average Bonchev–Trinajstić information content (AvgIpc) is 2.61. The maximum atomic E-state index is 5.76. The Balaban J connectivity index is 1.85. The van der Waals surface area contributed by atoms with Crippen LogP contribution in [-0.4, -0.2) is 15.0 Å². The van der Waals surface area contributed by atoms with Crippen LogP contribution in [0.2, 0.25) is 0 Å². The summed E-state index contributed by atoms with van der Waals surface area (Å²) in [6.45, 7) is 0.981. The smallest absolute Gasteiger partial charge is 0.223 e. The molecule has 6 heteroatoms. The molecule has 0 bridgehead atoms. The van der Waals surface area contributed by atoms with Crippen molar-refractivity contribution in [3.05, 3.63) is 70.6 Å². The maximum absolute atomic E-state index is 5.76. The van der Waals surface area contributed by atoms with E-state index in [1.165, 1.54) is 0 Å². The maximum Gasteiger partial charge on any atom is 0.223 e. The first-order chi connectivity index (χ1) is 11.2. The van der Waals surface area contributed by atoms with Crippen molar-refractivity contribution < 1.29 is 0 Å². The molecule has 1 aromatic carbocycles. The summed E-state index contributed by atoms with van der Waals surface area (Å²) in [6.07, 6.45) is 3.57. The average molecular weight is 370 g/mol. The molecule has 0 saturated heterocycles. The van der Waals surface area contributed by atoms with Crippen LogP contribution < -0.4 is 11.1 Å². The number of pyridine rings is 1. The number of rotatable bonds is 5. The molecule has 0 aliphatic heterocycles. The summed E-state index contributed by atoms with van der Waals surface area (Å²) in [4.78, 5) is 13.1. The van der Waals surface area contributed by atoms with Crippen LogP contribution >= 0.6 is 15.9 Å². The molecule has 2 aromatic heterocycles. The molecule has 0 spiro atoms. The molecule has 3 aromatic rings. The molecule has 3 rings (SSSR count). The van der Waals surface area contributed by atoms with E-state index in [1.54, 1.807) is 6.20 Å². The number of hydrogen-bond donors (Lipinski definition) is 2. The summed E-state index contributed by atoms with van der Waals surface area (Å²) in [5, 5.41) is 3.23. The molecule has 0 unspecified atom stereocenters. The zero-order chi connectivity index (χ0) is 16.1. The van der Waals surface area contributed by atoms with Crippen LogP contribution in [0, 0.1) is 0 Å². The third kappa shape index (κ3) is 4.12. The van der Waals surface area contributed by atoms with Crippen molar-refractivity contribution in [1.82, 2.24) is 15.0 Å². The Kier molecular flexibility index (Phi) is 4.95. The van der Waals surface area contributed by atoms with Crippen LogP contribution in [-0.2, 0) is 13.1 Å². The third-order valence-corrected chi connectivity index (χ3v) is 3.83. The standard InChI is InChI=1S/C17H16BrN5/c18-14-5-3-13(4-6-14)16-8-15(9-19)22-17(23-16)21-11-12-2-1-7-20-10-12/h1-8,10H,9,11,19H2,(H,21,22,23). The molecule has 23 heavy (non-hydrogen) atoms. The van der Waals surface area contributed by atoms with Gasteiger partial charge in [-0.15, -0.1) is 0 Å². The lowest BCUT2D eigenvalue weighted by molar-refractivity contribution is 0.951. The fourth-order valence-corrected chi connectivity index (χ4v) is 2.40. The van der Waals surface area contributed by atoms with E-state index in [9.17, 15) is 0 Å². The van der Waals surface area contributed by atoms with E-state index in [1.807, 2.05) is 48.7 Å². The van der Waals surface area contributed by atoms with Crippen LogP contribution in [0.3, 0.4) is 0 Å². The lowest BCUT2D eigenvalue weighted by Crippen LogP contribution is -2.08. The van der Waals surface area contributed by atoms with Gasteiger partial charge in [0.25, 0.3) is 0 Å². The molecule has 0 aliphatic rings. The first-order valence-electron chi connectivity index (χ1n) is 7.21. The van der Waals surface area contributed by atoms with Gasteiger partial charge in [0, 0.05) is 35.5 Å². The second-order valence-corrected chi connectivity index (χ2v) is 5.91. The molecular weight excluding hydrogens is 354 g/mol. The Morgan fingerprint density at radius 1 is 1.09 bits per heavy atom. The van der Waals surface area contributed by atoms with Crippen LogP contribution in [0.15, 0.2) is 59.3 Å². The molecule has 2 heterocycles. The molecule has 0 aliphatic carbocycles. The van der Waals surface area contributed by atoms with Crippen molar-refractivity contribution in [2.24, 2.45) is 5.73 Å². The van der Waals surface area contributed by atoms with E-state index in [0.29, 0.717) is 19.0 Å². The van der Waals surface area contributed by atoms with E-state index in [-0.39, 0.29) is 0 Å². The molecule has 5 nitrogen and oxygen atoms in total. The molecule has 0 amide bonds. The molecule has 0 fully saturated rings. The highest BCUT2D eigenvalue weighted by molar-refractivity contribution is 9.10. The summed E-state index contributed by atoms with van der Waals surface area (Å²) in [5.74, 6) is 0.565. The molecule has 0 saturated carbocycles. The normalized spacial score (nSPS) is 10.5. The van der Waals surface area contributed by atoms with Crippen LogP contribution in [0.4, 0.5) is 5.95 Å². The highest BCUT2D eigenvalue weighted by Gasteiger charge is 2.06. The number of aromatic nitrogens is 3. The predicted octanol–water partition coefficient (Wildman–Crippen LogP) is 3.37. The molecule has 0 radical (unpaired) electrons. The van der Waals surface area contributed by atoms with Gasteiger partial charge in [0.05, 0.1) is 11.4 Å². The van der Waals surface area contributed by atoms with Crippen LogP contribution in [0.5, 0.6) is 0 Å². The van der Waals surface area contributed by atoms with E-state index < -0.39 is 0 Å². The molecule has 116 valence electrons. The molecular formula is C17H16BrN5. The minimum atomic E-state index is 0.369. The quantitative estimate of drug-likeness (QED) is 0.720. The Hall–Kier alpha value is -2.31. The van der Waals surface area contributed by atoms with Gasteiger partial charge in [-0.1, -0.05) is 34.1 Å². The highest BCUT2D eigenvalue weighted by Crippen LogP contribution is 2.22. The van der Waals surface area contributed by atoms with Gasteiger partial charge in [-0.05, 0) is 29.8 Å². The fraction of sp³-hybridized carbons (Fsp3) is 0.118. The zero-order valence-corrected chi connectivity index (χ0v) is 14.0. The van der Waals surface area contributed by atoms with Gasteiger partial charge < -0.3 is 11.1 Å². The number of nitrogens with one attached hydrogen (secondary N) is 1. The summed E-state index contributed by atoms with van der Waals surface area (Å²) < 4.78 is 1.03.